The van der Waals surface area contributed by atoms with Gasteiger partial charge in [0, 0.05) is 28.8 Å². The van der Waals surface area contributed by atoms with Gasteiger partial charge >= 0.3 is 0 Å². The van der Waals surface area contributed by atoms with E-state index in [1.165, 1.54) is 12.1 Å². The highest BCUT2D eigenvalue weighted by atomic mass is 32.2. The Balaban J connectivity index is 1.83. The van der Waals surface area contributed by atoms with E-state index in [0.29, 0.717) is 17.8 Å². The molecule has 0 bridgehead atoms. The van der Waals surface area contributed by atoms with E-state index >= 15 is 0 Å². The van der Waals surface area contributed by atoms with Crippen molar-refractivity contribution < 1.29 is 9.18 Å². The number of carbonyl (C=O) groups is 1. The number of rotatable bonds is 2. The Morgan fingerprint density at radius 2 is 2.30 bits per heavy atom. The molecule has 0 fully saturated rings. The third kappa shape index (κ3) is 2.60. The summed E-state index contributed by atoms with van der Waals surface area (Å²) in [6.07, 6.45) is 2.37. The summed E-state index contributed by atoms with van der Waals surface area (Å²) in [7, 11) is 0. The van der Waals surface area contributed by atoms with E-state index in [9.17, 15) is 9.18 Å². The zero-order chi connectivity index (χ0) is 13.9. The molecule has 1 aliphatic rings. The highest BCUT2D eigenvalue weighted by Crippen LogP contribution is 2.30. The van der Waals surface area contributed by atoms with Crippen molar-refractivity contribution in [2.24, 2.45) is 5.10 Å². The standard InChI is InChI=1S/C14H12FN3OS/c15-9-3-4-13-10(8-9)11(5-7-20-13)17-18-14(19)12-2-1-6-16-12/h1-4,6,8,16H,5,7H2,(H,18,19). The molecule has 1 aliphatic heterocycles. The minimum absolute atomic E-state index is 0.297. The van der Waals surface area contributed by atoms with Crippen LogP contribution in [0.25, 0.3) is 0 Å². The zero-order valence-corrected chi connectivity index (χ0v) is 11.3. The lowest BCUT2D eigenvalue weighted by atomic mass is 10.1. The number of benzene rings is 1. The van der Waals surface area contributed by atoms with Crippen LogP contribution in [0.15, 0.2) is 46.5 Å². The fourth-order valence-electron chi connectivity index (χ4n) is 2.01. The van der Waals surface area contributed by atoms with Crippen LogP contribution in [0.1, 0.15) is 22.5 Å². The van der Waals surface area contributed by atoms with Gasteiger partial charge in [0.05, 0.1) is 5.71 Å². The van der Waals surface area contributed by atoms with E-state index in [0.717, 1.165) is 16.2 Å². The number of aromatic amines is 1. The SMILES string of the molecule is O=C(NN=C1CCSc2ccc(F)cc21)c1ccc[nH]1. The van der Waals surface area contributed by atoms with Crippen LogP contribution in [0.3, 0.4) is 0 Å². The van der Waals surface area contributed by atoms with Crippen molar-refractivity contribution in [3.63, 3.8) is 0 Å². The molecule has 0 spiro atoms. The number of aromatic nitrogens is 1. The summed E-state index contributed by atoms with van der Waals surface area (Å²) in [6, 6.07) is 8.05. The largest absolute Gasteiger partial charge is 0.357 e. The number of hydrogen-bond donors (Lipinski definition) is 2. The molecule has 1 amide bonds. The fourth-order valence-corrected chi connectivity index (χ4v) is 3.02. The molecule has 1 aromatic carbocycles. The number of nitrogens with one attached hydrogen (secondary N) is 2. The molecule has 2 heterocycles. The van der Waals surface area contributed by atoms with Crippen molar-refractivity contribution in [1.82, 2.24) is 10.4 Å². The summed E-state index contributed by atoms with van der Waals surface area (Å²) in [6.45, 7) is 0. The molecule has 0 aliphatic carbocycles. The van der Waals surface area contributed by atoms with Crippen LogP contribution in [-0.4, -0.2) is 22.4 Å². The van der Waals surface area contributed by atoms with Gasteiger partial charge in [0.1, 0.15) is 11.5 Å². The molecule has 2 aromatic rings. The number of fused-ring (bicyclic) bond motifs is 1. The monoisotopic (exact) mass is 289 g/mol. The van der Waals surface area contributed by atoms with Crippen LogP contribution in [-0.2, 0) is 0 Å². The molecule has 20 heavy (non-hydrogen) atoms. The van der Waals surface area contributed by atoms with E-state index in [-0.39, 0.29) is 11.7 Å². The van der Waals surface area contributed by atoms with Gasteiger partial charge in [-0.05, 0) is 30.3 Å². The Hall–Kier alpha value is -2.08. The topological polar surface area (TPSA) is 57.2 Å². The fraction of sp³-hybridized carbons (Fsp3) is 0.143. The second-order valence-electron chi connectivity index (χ2n) is 4.32. The second kappa shape index (κ2) is 5.50. The molecule has 2 N–H and O–H groups in total. The van der Waals surface area contributed by atoms with E-state index in [2.05, 4.69) is 15.5 Å². The number of halogens is 1. The molecule has 0 unspecified atom stereocenters. The van der Waals surface area contributed by atoms with E-state index in [4.69, 9.17) is 0 Å². The van der Waals surface area contributed by atoms with E-state index in [1.807, 2.05) is 0 Å². The van der Waals surface area contributed by atoms with Gasteiger partial charge in [-0.3, -0.25) is 4.79 Å². The van der Waals surface area contributed by atoms with Gasteiger partial charge in [0.15, 0.2) is 0 Å². The van der Waals surface area contributed by atoms with Crippen LogP contribution >= 0.6 is 11.8 Å². The lowest BCUT2D eigenvalue weighted by Crippen LogP contribution is -2.22. The van der Waals surface area contributed by atoms with Crippen LogP contribution in [0.4, 0.5) is 4.39 Å². The average Bonchev–Trinajstić information content (AvgIpc) is 2.99. The normalized spacial score (nSPS) is 15.9. The molecule has 1 aromatic heterocycles. The van der Waals surface area contributed by atoms with Crippen molar-refractivity contribution in [2.45, 2.75) is 11.3 Å². The molecular formula is C14H12FN3OS. The Labute approximate surface area is 119 Å². The smallest absolute Gasteiger partial charge is 0.287 e. The van der Waals surface area contributed by atoms with Crippen LogP contribution < -0.4 is 5.43 Å². The average molecular weight is 289 g/mol. The number of hydrogen-bond acceptors (Lipinski definition) is 3. The van der Waals surface area contributed by atoms with E-state index in [1.54, 1.807) is 36.2 Å². The van der Waals surface area contributed by atoms with Gasteiger partial charge in [0.2, 0.25) is 0 Å². The first-order valence-corrected chi connectivity index (χ1v) is 7.15. The highest BCUT2D eigenvalue weighted by Gasteiger charge is 2.17. The predicted octanol–water partition coefficient (Wildman–Crippen LogP) is 2.78. The second-order valence-corrected chi connectivity index (χ2v) is 5.46. The molecule has 6 heteroatoms. The summed E-state index contributed by atoms with van der Waals surface area (Å²) in [5.74, 6) is 0.267. The van der Waals surface area contributed by atoms with Crippen LogP contribution in [0.2, 0.25) is 0 Å². The van der Waals surface area contributed by atoms with Crippen molar-refractivity contribution >= 4 is 23.4 Å². The molecule has 102 valence electrons. The maximum absolute atomic E-state index is 13.3. The summed E-state index contributed by atoms with van der Waals surface area (Å²) in [5, 5.41) is 4.14. The Bertz CT molecular complexity index is 667. The summed E-state index contributed by atoms with van der Waals surface area (Å²) in [5.41, 5.74) is 4.41. The third-order valence-corrected chi connectivity index (χ3v) is 4.06. The quantitative estimate of drug-likeness (QED) is 0.835. The molecular weight excluding hydrogens is 277 g/mol. The lowest BCUT2D eigenvalue weighted by Gasteiger charge is -2.17. The van der Waals surface area contributed by atoms with Crippen molar-refractivity contribution in [3.05, 3.63) is 53.6 Å². The van der Waals surface area contributed by atoms with Gasteiger partial charge in [0.25, 0.3) is 5.91 Å². The molecule has 3 rings (SSSR count). The first-order valence-electron chi connectivity index (χ1n) is 6.17. The van der Waals surface area contributed by atoms with Gasteiger partial charge in [-0.1, -0.05) is 0 Å². The predicted molar refractivity (Wildman–Crippen MR) is 76.5 cm³/mol. The highest BCUT2D eigenvalue weighted by molar-refractivity contribution is 7.99. The first-order chi connectivity index (χ1) is 9.74. The van der Waals surface area contributed by atoms with Crippen molar-refractivity contribution in [2.75, 3.05) is 5.75 Å². The maximum atomic E-state index is 13.3. The zero-order valence-electron chi connectivity index (χ0n) is 10.5. The number of nitrogens with zero attached hydrogens (tertiary/aromatic N) is 1. The molecule has 0 saturated heterocycles. The molecule has 0 saturated carbocycles. The van der Waals surface area contributed by atoms with Crippen LogP contribution in [0.5, 0.6) is 0 Å². The summed E-state index contributed by atoms with van der Waals surface area (Å²) >= 11 is 1.67. The van der Waals surface area contributed by atoms with Gasteiger partial charge in [-0.25, -0.2) is 9.82 Å². The van der Waals surface area contributed by atoms with E-state index < -0.39 is 0 Å². The third-order valence-electron chi connectivity index (χ3n) is 2.98. The Kier molecular flexibility index (Phi) is 3.56. The number of H-pyrrole nitrogens is 1. The molecule has 4 nitrogen and oxygen atoms in total. The van der Waals surface area contributed by atoms with Crippen LogP contribution in [0, 0.1) is 5.82 Å². The minimum Gasteiger partial charge on any atom is -0.357 e. The van der Waals surface area contributed by atoms with Crippen molar-refractivity contribution in [3.8, 4) is 0 Å². The van der Waals surface area contributed by atoms with Gasteiger partial charge < -0.3 is 4.98 Å². The number of hydrazone groups is 1. The summed E-state index contributed by atoms with van der Waals surface area (Å²) in [4.78, 5) is 15.6. The first kappa shape index (κ1) is 12.9. The molecule has 0 atom stereocenters. The molecule has 0 radical (unpaired) electrons. The van der Waals surface area contributed by atoms with Gasteiger partial charge in [-0.15, -0.1) is 11.8 Å². The lowest BCUT2D eigenvalue weighted by molar-refractivity contribution is 0.0950. The number of carbonyl (C=O) groups excluding carboxylic acids is 1. The summed E-state index contributed by atoms with van der Waals surface area (Å²) < 4.78 is 13.3. The minimum atomic E-state index is -0.307. The van der Waals surface area contributed by atoms with Crippen molar-refractivity contribution in [1.29, 1.82) is 0 Å². The Morgan fingerprint density at radius 3 is 3.10 bits per heavy atom. The maximum Gasteiger partial charge on any atom is 0.287 e. The Morgan fingerprint density at radius 1 is 1.40 bits per heavy atom. The van der Waals surface area contributed by atoms with Gasteiger partial charge in [-0.2, -0.15) is 5.10 Å². The number of amides is 1. The number of thioether (sulfide) groups is 1.